The Morgan fingerprint density at radius 1 is 1.12 bits per heavy atom. The summed E-state index contributed by atoms with van der Waals surface area (Å²) in [5, 5.41) is 0. The molecule has 138 valence electrons. The smallest absolute Gasteiger partial charge is 0.308 e. The third kappa shape index (κ3) is 3.62. The molecule has 0 fully saturated rings. The first kappa shape index (κ1) is 18.1. The maximum atomic E-state index is 11.3. The second kappa shape index (κ2) is 7.68. The molecule has 2 unspecified atom stereocenters. The number of methoxy groups -OCH3 is 2. The first-order valence-corrected chi connectivity index (χ1v) is 8.75. The van der Waals surface area contributed by atoms with Crippen molar-refractivity contribution in [1.82, 2.24) is 0 Å². The van der Waals surface area contributed by atoms with Gasteiger partial charge in [-0.05, 0) is 42.2 Å². The predicted octanol–water partition coefficient (Wildman–Crippen LogP) is 4.33. The van der Waals surface area contributed by atoms with E-state index in [-0.39, 0.29) is 12.1 Å². The fourth-order valence-corrected chi connectivity index (χ4v) is 3.36. The van der Waals surface area contributed by atoms with Crippen LogP contribution in [-0.2, 0) is 11.2 Å². The Morgan fingerprint density at radius 3 is 2.42 bits per heavy atom. The highest BCUT2D eigenvalue weighted by atomic mass is 16.6. The molecule has 1 heterocycles. The molecule has 0 N–H and O–H groups in total. The monoisotopic (exact) mass is 356 g/mol. The van der Waals surface area contributed by atoms with Gasteiger partial charge in [0.1, 0.15) is 17.6 Å². The summed E-state index contributed by atoms with van der Waals surface area (Å²) in [5.41, 5.74) is 2.14. The van der Waals surface area contributed by atoms with E-state index in [1.54, 1.807) is 20.3 Å². The Labute approximate surface area is 153 Å². The standard InChI is InChI=1S/C21H24O5/c1-5-14-10-16-11-20(25-13(2)22)19(24-4)12-18(16)26-21(14)15-6-8-17(23-3)9-7-15/h6-9,11-12,14,21H,5,10H2,1-4H3. The van der Waals surface area contributed by atoms with E-state index < -0.39 is 0 Å². The van der Waals surface area contributed by atoms with Gasteiger partial charge in [-0.3, -0.25) is 4.79 Å². The minimum atomic E-state index is -0.372. The number of hydrogen-bond acceptors (Lipinski definition) is 5. The summed E-state index contributed by atoms with van der Waals surface area (Å²) >= 11 is 0. The third-order valence-corrected chi connectivity index (χ3v) is 4.73. The van der Waals surface area contributed by atoms with Crippen molar-refractivity contribution in [3.63, 3.8) is 0 Å². The summed E-state index contributed by atoms with van der Waals surface area (Å²) in [7, 11) is 3.21. The lowest BCUT2D eigenvalue weighted by atomic mass is 9.85. The van der Waals surface area contributed by atoms with Crippen LogP contribution in [0.15, 0.2) is 36.4 Å². The molecule has 0 saturated carbocycles. The molecule has 5 heteroatoms. The van der Waals surface area contributed by atoms with Crippen molar-refractivity contribution in [3.05, 3.63) is 47.5 Å². The lowest BCUT2D eigenvalue weighted by molar-refractivity contribution is -0.132. The Bertz CT molecular complexity index is 782. The summed E-state index contributed by atoms with van der Waals surface area (Å²) in [6, 6.07) is 11.6. The number of esters is 1. The van der Waals surface area contributed by atoms with E-state index in [1.807, 2.05) is 30.3 Å². The first-order valence-electron chi connectivity index (χ1n) is 8.75. The second-order valence-electron chi connectivity index (χ2n) is 6.39. The third-order valence-electron chi connectivity index (χ3n) is 4.73. The van der Waals surface area contributed by atoms with Crippen molar-refractivity contribution < 1.29 is 23.7 Å². The van der Waals surface area contributed by atoms with E-state index in [0.29, 0.717) is 17.4 Å². The summed E-state index contributed by atoms with van der Waals surface area (Å²) < 4.78 is 22.2. The first-order chi connectivity index (χ1) is 12.5. The highest BCUT2D eigenvalue weighted by Crippen LogP contribution is 2.44. The highest BCUT2D eigenvalue weighted by molar-refractivity contribution is 5.71. The van der Waals surface area contributed by atoms with Crippen LogP contribution in [0.25, 0.3) is 0 Å². The topological polar surface area (TPSA) is 54.0 Å². The van der Waals surface area contributed by atoms with Gasteiger partial charge >= 0.3 is 5.97 Å². The van der Waals surface area contributed by atoms with Gasteiger partial charge in [0, 0.05) is 18.9 Å². The van der Waals surface area contributed by atoms with Crippen molar-refractivity contribution >= 4 is 5.97 Å². The van der Waals surface area contributed by atoms with E-state index >= 15 is 0 Å². The van der Waals surface area contributed by atoms with Crippen LogP contribution in [0.4, 0.5) is 0 Å². The van der Waals surface area contributed by atoms with Crippen LogP contribution in [0.5, 0.6) is 23.0 Å². The molecule has 5 nitrogen and oxygen atoms in total. The maximum absolute atomic E-state index is 11.3. The molecule has 1 aliphatic rings. The fourth-order valence-electron chi connectivity index (χ4n) is 3.36. The molecule has 3 rings (SSSR count). The molecule has 0 spiro atoms. The molecule has 0 radical (unpaired) electrons. The molecule has 26 heavy (non-hydrogen) atoms. The van der Waals surface area contributed by atoms with Crippen molar-refractivity contribution in [2.24, 2.45) is 5.92 Å². The van der Waals surface area contributed by atoms with Crippen LogP contribution in [0.1, 0.15) is 37.5 Å². The quantitative estimate of drug-likeness (QED) is 0.589. The van der Waals surface area contributed by atoms with Crippen molar-refractivity contribution in [2.45, 2.75) is 32.8 Å². The average molecular weight is 356 g/mol. The van der Waals surface area contributed by atoms with Crippen LogP contribution in [0.3, 0.4) is 0 Å². The van der Waals surface area contributed by atoms with Crippen LogP contribution in [0, 0.1) is 5.92 Å². The Kier molecular flexibility index (Phi) is 5.35. The van der Waals surface area contributed by atoms with Crippen molar-refractivity contribution in [2.75, 3.05) is 14.2 Å². The van der Waals surface area contributed by atoms with E-state index in [0.717, 1.165) is 35.5 Å². The summed E-state index contributed by atoms with van der Waals surface area (Å²) in [6.07, 6.45) is 1.79. The Balaban J connectivity index is 1.95. The van der Waals surface area contributed by atoms with E-state index in [1.165, 1.54) is 6.92 Å². The van der Waals surface area contributed by atoms with Gasteiger partial charge in [0.25, 0.3) is 0 Å². The molecule has 0 amide bonds. The Hall–Kier alpha value is -2.69. The van der Waals surface area contributed by atoms with Gasteiger partial charge < -0.3 is 18.9 Å². The molecule has 1 aliphatic heterocycles. The molecule has 2 aromatic carbocycles. The lowest BCUT2D eigenvalue weighted by Crippen LogP contribution is -2.25. The van der Waals surface area contributed by atoms with Gasteiger partial charge in [-0.25, -0.2) is 0 Å². The normalized spacial score (nSPS) is 18.5. The summed E-state index contributed by atoms with van der Waals surface area (Å²) in [4.78, 5) is 11.3. The van der Waals surface area contributed by atoms with E-state index in [4.69, 9.17) is 18.9 Å². The van der Waals surface area contributed by atoms with Gasteiger partial charge in [0.2, 0.25) is 0 Å². The minimum Gasteiger partial charge on any atom is -0.497 e. The van der Waals surface area contributed by atoms with Crippen molar-refractivity contribution in [3.8, 4) is 23.0 Å². The largest absolute Gasteiger partial charge is 0.497 e. The molecule has 0 aromatic heterocycles. The summed E-state index contributed by atoms with van der Waals surface area (Å²) in [6.45, 7) is 3.54. The van der Waals surface area contributed by atoms with Crippen LogP contribution in [0.2, 0.25) is 0 Å². The second-order valence-corrected chi connectivity index (χ2v) is 6.39. The number of benzene rings is 2. The SMILES string of the molecule is CCC1Cc2cc(OC(C)=O)c(OC)cc2OC1c1ccc(OC)cc1. The van der Waals surface area contributed by atoms with Crippen LogP contribution >= 0.6 is 0 Å². The number of ether oxygens (including phenoxy) is 4. The van der Waals surface area contributed by atoms with Gasteiger partial charge in [-0.1, -0.05) is 19.1 Å². The predicted molar refractivity (Wildman–Crippen MR) is 98.2 cm³/mol. The number of rotatable bonds is 5. The molecule has 0 aliphatic carbocycles. The zero-order valence-electron chi connectivity index (χ0n) is 15.6. The van der Waals surface area contributed by atoms with E-state index in [2.05, 4.69) is 6.92 Å². The summed E-state index contributed by atoms with van der Waals surface area (Å²) in [5.74, 6) is 2.47. The molecular weight excluding hydrogens is 332 g/mol. The number of fused-ring (bicyclic) bond motifs is 1. The van der Waals surface area contributed by atoms with Crippen molar-refractivity contribution in [1.29, 1.82) is 0 Å². The molecule has 2 aromatic rings. The fraction of sp³-hybridized carbons (Fsp3) is 0.381. The van der Waals surface area contributed by atoms with Gasteiger partial charge in [-0.15, -0.1) is 0 Å². The maximum Gasteiger partial charge on any atom is 0.308 e. The molecular formula is C21H24O5. The highest BCUT2D eigenvalue weighted by Gasteiger charge is 2.31. The van der Waals surface area contributed by atoms with Crippen LogP contribution in [-0.4, -0.2) is 20.2 Å². The molecule has 0 saturated heterocycles. The van der Waals surface area contributed by atoms with Gasteiger partial charge in [0.05, 0.1) is 14.2 Å². The zero-order valence-corrected chi connectivity index (χ0v) is 15.6. The number of carbonyl (C=O) groups is 1. The molecule has 2 atom stereocenters. The van der Waals surface area contributed by atoms with E-state index in [9.17, 15) is 4.79 Å². The average Bonchev–Trinajstić information content (AvgIpc) is 2.66. The Morgan fingerprint density at radius 2 is 1.85 bits per heavy atom. The number of hydrogen-bond donors (Lipinski definition) is 0. The van der Waals surface area contributed by atoms with Gasteiger partial charge in [0.15, 0.2) is 11.5 Å². The lowest BCUT2D eigenvalue weighted by Gasteiger charge is -2.34. The zero-order chi connectivity index (χ0) is 18.7. The minimum absolute atomic E-state index is 0.0392. The van der Waals surface area contributed by atoms with Crippen LogP contribution < -0.4 is 18.9 Å². The number of carbonyl (C=O) groups excluding carboxylic acids is 1. The van der Waals surface area contributed by atoms with Gasteiger partial charge in [-0.2, -0.15) is 0 Å². The molecule has 0 bridgehead atoms.